The summed E-state index contributed by atoms with van der Waals surface area (Å²) >= 11 is 0. The molecule has 1 N–H and O–H groups in total. The molecule has 0 amide bonds. The minimum Gasteiger partial charge on any atom is -0.317 e. The topological polar surface area (TPSA) is 49.4 Å². The molecule has 1 aliphatic carbocycles. The van der Waals surface area contributed by atoms with Gasteiger partial charge in [-0.15, -0.1) is 0 Å². The van der Waals surface area contributed by atoms with Gasteiger partial charge in [-0.05, 0) is 32.4 Å². The van der Waals surface area contributed by atoms with Gasteiger partial charge in [0, 0.05) is 13.1 Å². The molecule has 4 nitrogen and oxygen atoms in total. The molecule has 90 valence electrons. The van der Waals surface area contributed by atoms with Crippen molar-refractivity contribution in [2.75, 3.05) is 25.9 Å². The number of sulfonamides is 1. The largest absolute Gasteiger partial charge is 0.317 e. The highest BCUT2D eigenvalue weighted by molar-refractivity contribution is 7.89. The summed E-state index contributed by atoms with van der Waals surface area (Å²) in [4.78, 5) is 0. The van der Waals surface area contributed by atoms with E-state index in [-0.39, 0.29) is 11.8 Å². The van der Waals surface area contributed by atoms with E-state index >= 15 is 0 Å². The molecule has 15 heavy (non-hydrogen) atoms. The smallest absolute Gasteiger partial charge is 0.214 e. The van der Waals surface area contributed by atoms with Crippen molar-refractivity contribution < 1.29 is 8.42 Å². The Morgan fingerprint density at radius 2 is 2.07 bits per heavy atom. The maximum absolute atomic E-state index is 11.8. The Hall–Kier alpha value is -0.130. The standard InChI is InChI=1S/C10H22N2O2S/c1-3-11-8-5-9-15(13,14)12(2)10-6-4-7-10/h10-11H,3-9H2,1-2H3. The zero-order valence-corrected chi connectivity index (χ0v) is 10.5. The fourth-order valence-corrected chi connectivity index (χ4v) is 3.14. The number of nitrogens with one attached hydrogen (secondary N) is 1. The molecule has 0 atom stereocenters. The molecule has 5 heteroatoms. The van der Waals surface area contributed by atoms with Crippen LogP contribution < -0.4 is 5.32 Å². The number of rotatable bonds is 7. The third-order valence-corrected chi connectivity index (χ3v) is 5.01. The molecule has 0 aromatic heterocycles. The van der Waals surface area contributed by atoms with E-state index in [1.165, 1.54) is 6.42 Å². The first kappa shape index (κ1) is 12.9. The average Bonchev–Trinajstić information content (AvgIpc) is 2.09. The fourth-order valence-electron chi connectivity index (χ4n) is 1.68. The lowest BCUT2D eigenvalue weighted by Crippen LogP contribution is -2.42. The third kappa shape index (κ3) is 3.74. The zero-order valence-electron chi connectivity index (χ0n) is 9.70. The first-order chi connectivity index (χ1) is 7.08. The van der Waals surface area contributed by atoms with E-state index in [2.05, 4.69) is 5.32 Å². The zero-order chi connectivity index (χ0) is 11.3. The van der Waals surface area contributed by atoms with Gasteiger partial charge in [0.15, 0.2) is 0 Å². The Balaban J connectivity index is 2.30. The van der Waals surface area contributed by atoms with Crippen LogP contribution in [-0.2, 0) is 10.0 Å². The maximum Gasteiger partial charge on any atom is 0.214 e. The normalized spacial score (nSPS) is 18.1. The molecule has 0 aromatic carbocycles. The molecule has 0 radical (unpaired) electrons. The van der Waals surface area contributed by atoms with E-state index < -0.39 is 10.0 Å². The highest BCUT2D eigenvalue weighted by Crippen LogP contribution is 2.25. The summed E-state index contributed by atoms with van der Waals surface area (Å²) in [6, 6.07) is 0.272. The van der Waals surface area contributed by atoms with Crippen LogP contribution in [0.3, 0.4) is 0 Å². The molecule has 0 bridgehead atoms. The van der Waals surface area contributed by atoms with E-state index in [4.69, 9.17) is 0 Å². The van der Waals surface area contributed by atoms with E-state index in [1.54, 1.807) is 11.4 Å². The second-order valence-corrected chi connectivity index (χ2v) is 6.27. The summed E-state index contributed by atoms with van der Waals surface area (Å²) < 4.78 is 25.2. The molecule has 1 fully saturated rings. The Labute approximate surface area is 93.1 Å². The van der Waals surface area contributed by atoms with Gasteiger partial charge < -0.3 is 5.32 Å². The van der Waals surface area contributed by atoms with E-state index in [0.717, 1.165) is 25.9 Å². The molecule has 0 aliphatic heterocycles. The Kier molecular flexibility index (Phi) is 5.02. The van der Waals surface area contributed by atoms with Crippen molar-refractivity contribution in [2.24, 2.45) is 0 Å². The van der Waals surface area contributed by atoms with Gasteiger partial charge >= 0.3 is 0 Å². The first-order valence-electron chi connectivity index (χ1n) is 5.74. The predicted octanol–water partition coefficient (Wildman–Crippen LogP) is 0.800. The average molecular weight is 234 g/mol. The molecule has 0 saturated heterocycles. The van der Waals surface area contributed by atoms with Crippen LogP contribution in [0.25, 0.3) is 0 Å². The third-order valence-electron chi connectivity index (χ3n) is 3.03. The first-order valence-corrected chi connectivity index (χ1v) is 7.35. The summed E-state index contributed by atoms with van der Waals surface area (Å²) in [6.07, 6.45) is 3.93. The van der Waals surface area contributed by atoms with Crippen molar-refractivity contribution in [3.05, 3.63) is 0 Å². The summed E-state index contributed by atoms with van der Waals surface area (Å²) in [7, 11) is -1.29. The van der Waals surface area contributed by atoms with E-state index in [0.29, 0.717) is 6.42 Å². The summed E-state index contributed by atoms with van der Waals surface area (Å²) in [5.41, 5.74) is 0. The van der Waals surface area contributed by atoms with Gasteiger partial charge in [0.25, 0.3) is 0 Å². The van der Waals surface area contributed by atoms with Gasteiger partial charge in [0.1, 0.15) is 0 Å². The monoisotopic (exact) mass is 234 g/mol. The van der Waals surface area contributed by atoms with Gasteiger partial charge in [0.2, 0.25) is 10.0 Å². The molecular weight excluding hydrogens is 212 g/mol. The van der Waals surface area contributed by atoms with Crippen LogP contribution in [-0.4, -0.2) is 44.7 Å². The molecular formula is C10H22N2O2S. The van der Waals surface area contributed by atoms with E-state index in [1.807, 2.05) is 6.92 Å². The van der Waals surface area contributed by atoms with Gasteiger partial charge in [0.05, 0.1) is 5.75 Å². The predicted molar refractivity (Wildman–Crippen MR) is 62.3 cm³/mol. The second-order valence-electron chi connectivity index (χ2n) is 4.12. The molecule has 0 heterocycles. The molecule has 0 unspecified atom stereocenters. The highest BCUT2D eigenvalue weighted by Gasteiger charge is 2.29. The van der Waals surface area contributed by atoms with Crippen LogP contribution in [0.4, 0.5) is 0 Å². The van der Waals surface area contributed by atoms with Gasteiger partial charge in [-0.3, -0.25) is 0 Å². The second kappa shape index (κ2) is 5.82. The lowest BCUT2D eigenvalue weighted by molar-refractivity contribution is 0.249. The van der Waals surface area contributed by atoms with E-state index in [9.17, 15) is 8.42 Å². The molecule has 1 rings (SSSR count). The van der Waals surface area contributed by atoms with Crippen molar-refractivity contribution >= 4 is 10.0 Å². The highest BCUT2D eigenvalue weighted by atomic mass is 32.2. The SMILES string of the molecule is CCNCCCS(=O)(=O)N(C)C1CCC1. The molecule has 0 aromatic rings. The maximum atomic E-state index is 11.8. The summed E-state index contributed by atoms with van der Waals surface area (Å²) in [6.45, 7) is 3.71. The van der Waals surface area contributed by atoms with Crippen molar-refractivity contribution in [1.29, 1.82) is 0 Å². The Bertz CT molecular complexity index is 273. The number of hydrogen-bond acceptors (Lipinski definition) is 3. The van der Waals surface area contributed by atoms with Crippen LogP contribution in [0.5, 0.6) is 0 Å². The fraction of sp³-hybridized carbons (Fsp3) is 1.00. The lowest BCUT2D eigenvalue weighted by Gasteiger charge is -2.33. The van der Waals surface area contributed by atoms with Gasteiger partial charge in [-0.25, -0.2) is 12.7 Å². The summed E-state index contributed by atoms with van der Waals surface area (Å²) in [5, 5.41) is 3.13. The van der Waals surface area contributed by atoms with Crippen molar-refractivity contribution in [1.82, 2.24) is 9.62 Å². The van der Waals surface area contributed by atoms with Gasteiger partial charge in [-0.1, -0.05) is 13.3 Å². The number of nitrogens with zero attached hydrogens (tertiary/aromatic N) is 1. The summed E-state index contributed by atoms with van der Waals surface area (Å²) in [5.74, 6) is 0.271. The molecule has 1 aliphatic rings. The Morgan fingerprint density at radius 1 is 1.40 bits per heavy atom. The lowest BCUT2D eigenvalue weighted by atomic mass is 9.94. The van der Waals surface area contributed by atoms with Crippen molar-refractivity contribution in [2.45, 2.75) is 38.6 Å². The molecule has 0 spiro atoms. The van der Waals surface area contributed by atoms with Crippen molar-refractivity contribution in [3.63, 3.8) is 0 Å². The quantitative estimate of drug-likeness (QED) is 0.663. The van der Waals surface area contributed by atoms with Crippen molar-refractivity contribution in [3.8, 4) is 0 Å². The van der Waals surface area contributed by atoms with Crippen LogP contribution in [0.15, 0.2) is 0 Å². The van der Waals surface area contributed by atoms with Gasteiger partial charge in [-0.2, -0.15) is 0 Å². The van der Waals surface area contributed by atoms with Crippen LogP contribution in [0, 0.1) is 0 Å². The Morgan fingerprint density at radius 3 is 2.53 bits per heavy atom. The minimum absolute atomic E-state index is 0.271. The molecule has 1 saturated carbocycles. The minimum atomic E-state index is -3.01. The van der Waals surface area contributed by atoms with Crippen LogP contribution in [0.2, 0.25) is 0 Å². The van der Waals surface area contributed by atoms with Crippen LogP contribution in [0.1, 0.15) is 32.6 Å². The number of hydrogen-bond donors (Lipinski definition) is 1. The van der Waals surface area contributed by atoms with Crippen LogP contribution >= 0.6 is 0 Å².